The highest BCUT2D eigenvalue weighted by molar-refractivity contribution is 5.79. The predicted molar refractivity (Wildman–Crippen MR) is 27.8 cm³/mol. The van der Waals surface area contributed by atoms with E-state index in [9.17, 15) is 0 Å². The topological polar surface area (TPSA) is 60.9 Å². The molecule has 0 aromatic rings. The highest BCUT2D eigenvalue weighted by Crippen LogP contribution is 1.75. The van der Waals surface area contributed by atoms with Gasteiger partial charge in [0.15, 0.2) is 5.84 Å². The van der Waals surface area contributed by atoms with E-state index in [0.717, 1.165) is 0 Å². The lowest BCUT2D eigenvalue weighted by Gasteiger charge is -1.76. The molecule has 4 nitrogen and oxygen atoms in total. The molecule has 4 heteroatoms. The molecule has 0 aromatic carbocycles. The molecular weight excluding hydrogens is 92.1 g/mol. The molecular formula is C3H6N4. The van der Waals surface area contributed by atoms with Crippen LogP contribution in [0.2, 0.25) is 0 Å². The van der Waals surface area contributed by atoms with Gasteiger partial charge in [0, 0.05) is 6.72 Å². The first-order chi connectivity index (χ1) is 3.31. The Kier molecular flexibility index (Phi) is 2.67. The summed E-state index contributed by atoms with van der Waals surface area (Å²) in [5, 5.41) is 9.39. The van der Waals surface area contributed by atoms with Crippen LogP contribution in [0.1, 0.15) is 6.92 Å². The normalized spacial score (nSPS) is 10.7. The Hall–Kier alpha value is -1.06. The molecule has 0 fully saturated rings. The minimum absolute atomic E-state index is 0.315. The van der Waals surface area contributed by atoms with Crippen molar-refractivity contribution in [2.24, 2.45) is 15.3 Å². The minimum Gasteiger partial charge on any atom is -0.203 e. The highest BCUT2D eigenvalue weighted by Gasteiger charge is 1.75. The van der Waals surface area contributed by atoms with Gasteiger partial charge in [-0.25, -0.2) is 5.53 Å². The fourth-order valence-corrected chi connectivity index (χ4v) is 0.125. The van der Waals surface area contributed by atoms with E-state index in [0.29, 0.717) is 5.84 Å². The van der Waals surface area contributed by atoms with Crippen LogP contribution in [-0.2, 0) is 0 Å². The fraction of sp³-hybridized carbons (Fsp3) is 0.333. The van der Waals surface area contributed by atoms with Gasteiger partial charge in [-0.15, -0.1) is 10.2 Å². The summed E-state index contributed by atoms with van der Waals surface area (Å²) >= 11 is 0. The maximum Gasteiger partial charge on any atom is 0.169 e. The van der Waals surface area contributed by atoms with Crippen LogP contribution >= 0.6 is 0 Å². The fourth-order valence-electron chi connectivity index (χ4n) is 0.125. The second-order valence-electron chi connectivity index (χ2n) is 0.900. The second-order valence-corrected chi connectivity index (χ2v) is 0.900. The van der Waals surface area contributed by atoms with Crippen molar-refractivity contribution in [2.75, 3.05) is 0 Å². The average Bonchev–Trinajstić information content (AvgIpc) is 1.68. The third-order valence-electron chi connectivity index (χ3n) is 0.377. The van der Waals surface area contributed by atoms with E-state index in [2.05, 4.69) is 22.0 Å². The van der Waals surface area contributed by atoms with Crippen molar-refractivity contribution in [1.29, 1.82) is 5.53 Å². The maximum absolute atomic E-state index is 6.32. The molecule has 0 aliphatic carbocycles. The zero-order chi connectivity index (χ0) is 5.70. The number of hydrogen-bond donors (Lipinski definition) is 1. The summed E-state index contributed by atoms with van der Waals surface area (Å²) in [5.74, 6) is 0.315. The van der Waals surface area contributed by atoms with Gasteiger partial charge >= 0.3 is 0 Å². The van der Waals surface area contributed by atoms with Crippen LogP contribution in [0.3, 0.4) is 0 Å². The van der Waals surface area contributed by atoms with Crippen LogP contribution in [0.5, 0.6) is 0 Å². The summed E-state index contributed by atoms with van der Waals surface area (Å²) in [4.78, 5) is 0. The lowest BCUT2D eigenvalue weighted by atomic mass is 10.7. The summed E-state index contributed by atoms with van der Waals surface area (Å²) in [5.41, 5.74) is 6.32. The van der Waals surface area contributed by atoms with E-state index in [-0.39, 0.29) is 0 Å². The standard InChI is InChI=1S/C3H6N4/c1-3(6-4)7-5-2/h4H,2H2,1H3/b6-4?,7-3-. The van der Waals surface area contributed by atoms with Gasteiger partial charge in [-0.05, 0) is 6.92 Å². The van der Waals surface area contributed by atoms with Crippen LogP contribution in [0.15, 0.2) is 15.3 Å². The Balaban J connectivity index is 3.72. The molecule has 1 N–H and O–H groups in total. The molecule has 0 heterocycles. The van der Waals surface area contributed by atoms with Crippen LogP contribution in [0, 0.1) is 5.53 Å². The van der Waals surface area contributed by atoms with Crippen molar-refractivity contribution in [3.8, 4) is 0 Å². The monoisotopic (exact) mass is 98.1 g/mol. The minimum atomic E-state index is 0.315. The van der Waals surface area contributed by atoms with Gasteiger partial charge < -0.3 is 0 Å². The molecule has 0 unspecified atom stereocenters. The number of rotatable bonds is 1. The molecule has 7 heavy (non-hydrogen) atoms. The van der Waals surface area contributed by atoms with E-state index in [1.165, 1.54) is 0 Å². The Labute approximate surface area is 41.5 Å². The first kappa shape index (κ1) is 5.94. The van der Waals surface area contributed by atoms with E-state index in [4.69, 9.17) is 5.53 Å². The lowest BCUT2D eigenvalue weighted by molar-refractivity contribution is 1.13. The molecule has 0 bridgehead atoms. The van der Waals surface area contributed by atoms with Crippen molar-refractivity contribution in [3.05, 3.63) is 0 Å². The summed E-state index contributed by atoms with van der Waals surface area (Å²) < 4.78 is 0. The van der Waals surface area contributed by atoms with Gasteiger partial charge in [0.05, 0.1) is 0 Å². The van der Waals surface area contributed by atoms with Gasteiger partial charge in [-0.2, -0.15) is 5.10 Å². The van der Waals surface area contributed by atoms with Gasteiger partial charge in [-0.1, -0.05) is 0 Å². The Morgan fingerprint density at radius 2 is 2.29 bits per heavy atom. The molecule has 0 aromatic heterocycles. The van der Waals surface area contributed by atoms with Crippen molar-refractivity contribution in [2.45, 2.75) is 6.92 Å². The third kappa shape index (κ3) is 2.75. The van der Waals surface area contributed by atoms with Gasteiger partial charge in [0.2, 0.25) is 0 Å². The number of nitrogens with zero attached hydrogens (tertiary/aromatic N) is 3. The van der Waals surface area contributed by atoms with Crippen LogP contribution in [0.25, 0.3) is 0 Å². The molecule has 0 saturated carbocycles. The molecule has 0 atom stereocenters. The smallest absolute Gasteiger partial charge is 0.169 e. The quantitative estimate of drug-likeness (QED) is 0.220. The predicted octanol–water partition coefficient (Wildman–Crippen LogP) is 1.05. The summed E-state index contributed by atoms with van der Waals surface area (Å²) in [6.45, 7) is 4.64. The molecule has 0 radical (unpaired) electrons. The molecule has 0 aliphatic rings. The summed E-state index contributed by atoms with van der Waals surface area (Å²) in [6.07, 6.45) is 0. The number of amidine groups is 1. The first-order valence-corrected chi connectivity index (χ1v) is 1.69. The third-order valence-corrected chi connectivity index (χ3v) is 0.377. The van der Waals surface area contributed by atoms with E-state index >= 15 is 0 Å². The highest BCUT2D eigenvalue weighted by atomic mass is 15.2. The van der Waals surface area contributed by atoms with Crippen LogP contribution in [-0.4, -0.2) is 12.6 Å². The van der Waals surface area contributed by atoms with Crippen LogP contribution < -0.4 is 0 Å². The van der Waals surface area contributed by atoms with Crippen molar-refractivity contribution >= 4 is 12.6 Å². The van der Waals surface area contributed by atoms with Crippen molar-refractivity contribution in [3.63, 3.8) is 0 Å². The molecule has 0 rings (SSSR count). The van der Waals surface area contributed by atoms with Gasteiger partial charge in [0.25, 0.3) is 0 Å². The summed E-state index contributed by atoms with van der Waals surface area (Å²) in [7, 11) is 0. The molecule has 0 amide bonds. The lowest BCUT2D eigenvalue weighted by Crippen LogP contribution is -1.77. The number of hydrogen-bond acceptors (Lipinski definition) is 3. The van der Waals surface area contributed by atoms with Gasteiger partial charge in [0.1, 0.15) is 0 Å². The molecule has 0 aliphatic heterocycles. The average molecular weight is 98.1 g/mol. The van der Waals surface area contributed by atoms with Crippen molar-refractivity contribution < 1.29 is 0 Å². The van der Waals surface area contributed by atoms with Crippen molar-refractivity contribution in [1.82, 2.24) is 0 Å². The Morgan fingerprint density at radius 1 is 1.71 bits per heavy atom. The van der Waals surface area contributed by atoms with E-state index in [1.54, 1.807) is 6.92 Å². The van der Waals surface area contributed by atoms with E-state index < -0.39 is 0 Å². The zero-order valence-electron chi connectivity index (χ0n) is 4.05. The molecule has 0 saturated heterocycles. The SMILES string of the molecule is C=N/N=C(/C)N=N. The number of nitrogens with one attached hydrogen (secondary N) is 1. The Morgan fingerprint density at radius 3 is 2.43 bits per heavy atom. The summed E-state index contributed by atoms with van der Waals surface area (Å²) in [6, 6.07) is 0. The molecule has 38 valence electrons. The van der Waals surface area contributed by atoms with E-state index in [1.807, 2.05) is 0 Å². The van der Waals surface area contributed by atoms with Gasteiger partial charge in [-0.3, -0.25) is 0 Å². The molecule has 0 spiro atoms. The largest absolute Gasteiger partial charge is 0.203 e. The maximum atomic E-state index is 6.32. The second kappa shape index (κ2) is 3.14. The Bertz CT molecular complexity index is 104. The zero-order valence-corrected chi connectivity index (χ0v) is 4.05. The first-order valence-electron chi connectivity index (χ1n) is 1.69. The van der Waals surface area contributed by atoms with Crippen LogP contribution in [0.4, 0.5) is 0 Å².